The van der Waals surface area contributed by atoms with E-state index in [2.05, 4.69) is 5.73 Å². The van der Waals surface area contributed by atoms with Crippen LogP contribution >= 0.6 is 12.4 Å². The zero-order chi connectivity index (χ0) is 30.8. The first kappa shape index (κ1) is 15.8. The summed E-state index contributed by atoms with van der Waals surface area (Å²) in [5.74, 6) is 1.04. The van der Waals surface area contributed by atoms with Gasteiger partial charge < -0.3 is 39.8 Å². The standard InChI is InChI=1S/C11H17NO3.C10H12O3.CH5N.ClH/c1-12-7-11(13)9-4-3-5-10(6-9)15-8-14-2;1-11-7-13-9-4-2-3-8(5-9)10-6-12-10;1-2;/h3-6,11-13H,7-8H2,1-2H3;2-5,10H,6-7H2,1H3;2H2,1H3;1H/i1D3,7D2;6D2;1D3;. The molecular weight excluding hydrogens is 424 g/mol. The van der Waals surface area contributed by atoms with E-state index >= 15 is 0 Å². The van der Waals surface area contributed by atoms with Crippen LogP contribution in [0.2, 0.25) is 0 Å². The van der Waals surface area contributed by atoms with Gasteiger partial charge in [0.15, 0.2) is 13.6 Å². The molecule has 3 rings (SSSR count). The van der Waals surface area contributed by atoms with Crippen LogP contribution in [0.25, 0.3) is 0 Å². The lowest BCUT2D eigenvalue weighted by atomic mass is 10.1. The fourth-order valence-corrected chi connectivity index (χ4v) is 2.12. The third-order valence-electron chi connectivity index (χ3n) is 3.47. The normalized spacial score (nSPS) is 22.3. The van der Waals surface area contributed by atoms with Crippen molar-refractivity contribution in [1.29, 1.82) is 0 Å². The van der Waals surface area contributed by atoms with Gasteiger partial charge in [0.2, 0.25) is 0 Å². The first-order chi connectivity index (χ1) is 18.3. The zero-order valence-electron chi connectivity index (χ0n) is 27.2. The summed E-state index contributed by atoms with van der Waals surface area (Å²) in [5.41, 5.74) is 5.33. The Labute approximate surface area is 205 Å². The van der Waals surface area contributed by atoms with E-state index in [9.17, 15) is 5.11 Å². The van der Waals surface area contributed by atoms with Crippen LogP contribution in [0.15, 0.2) is 48.5 Å². The Morgan fingerprint density at radius 3 is 2.32 bits per heavy atom. The van der Waals surface area contributed by atoms with Crippen LogP contribution in [-0.2, 0) is 14.2 Å². The van der Waals surface area contributed by atoms with Crippen LogP contribution in [0.4, 0.5) is 0 Å². The van der Waals surface area contributed by atoms with E-state index in [4.69, 9.17) is 37.4 Å². The summed E-state index contributed by atoms with van der Waals surface area (Å²) in [6, 6.07) is 13.2. The summed E-state index contributed by atoms with van der Waals surface area (Å²) >= 11 is 0. The molecule has 2 aromatic carbocycles. The molecule has 0 amide bonds. The van der Waals surface area contributed by atoms with Crippen molar-refractivity contribution >= 4 is 12.4 Å². The molecule has 1 aliphatic rings. The number of ether oxygens (including phenoxy) is 5. The summed E-state index contributed by atoms with van der Waals surface area (Å²) in [7, 11) is 3.00. The molecule has 9 heteroatoms. The van der Waals surface area contributed by atoms with Crippen LogP contribution in [0.3, 0.4) is 0 Å². The number of hydrogen-bond donors (Lipinski definition) is 3. The van der Waals surface area contributed by atoms with Gasteiger partial charge in [-0.2, -0.15) is 0 Å². The van der Waals surface area contributed by atoms with Gasteiger partial charge >= 0.3 is 0 Å². The highest BCUT2D eigenvalue weighted by Crippen LogP contribution is 2.31. The lowest BCUT2D eigenvalue weighted by molar-refractivity contribution is 0.0507. The molecule has 0 spiro atoms. The number of benzene rings is 2. The van der Waals surface area contributed by atoms with Gasteiger partial charge in [-0.15, -0.1) is 12.4 Å². The minimum Gasteiger partial charge on any atom is -0.468 e. The van der Waals surface area contributed by atoms with Crippen molar-refractivity contribution in [3.8, 4) is 11.5 Å². The molecule has 1 aliphatic heterocycles. The van der Waals surface area contributed by atoms with Gasteiger partial charge in [0, 0.05) is 31.7 Å². The van der Waals surface area contributed by atoms with E-state index in [-0.39, 0.29) is 31.6 Å². The molecule has 1 fully saturated rings. The average molecular weight is 469 g/mol. The van der Waals surface area contributed by atoms with Crippen molar-refractivity contribution in [2.45, 2.75) is 12.2 Å². The first-order valence-electron chi connectivity index (χ1n) is 13.7. The maximum absolute atomic E-state index is 9.99. The highest BCUT2D eigenvalue weighted by molar-refractivity contribution is 5.85. The van der Waals surface area contributed by atoms with Crippen LogP contribution in [0.1, 0.15) is 37.0 Å². The maximum atomic E-state index is 9.99. The number of aliphatic hydroxyl groups excluding tert-OH is 1. The minimum atomic E-state index is -2.70. The molecule has 0 radical (unpaired) electrons. The SMILES string of the molecule is Cl.[2H]C([2H])([2H])N.[2H]C([2H])([2H])NC([2H])([2H])C(O)c1cccc(OCOC)c1.[2H]C1([2H])OC1c1cccc(OCOC)c1. The van der Waals surface area contributed by atoms with E-state index in [0.717, 1.165) is 5.56 Å². The summed E-state index contributed by atoms with van der Waals surface area (Å²) < 4.78 is 93.9. The fourth-order valence-electron chi connectivity index (χ4n) is 2.12. The summed E-state index contributed by atoms with van der Waals surface area (Å²) in [6.45, 7) is -8.79. The van der Waals surface area contributed by atoms with Crippen LogP contribution < -0.4 is 20.5 Å². The van der Waals surface area contributed by atoms with E-state index in [1.807, 2.05) is 6.07 Å². The van der Waals surface area contributed by atoms with Crippen molar-refractivity contribution < 1.29 is 42.5 Å². The Kier molecular flexibility index (Phi) is 9.05. The average Bonchev–Trinajstić information content (AvgIpc) is 3.47. The summed E-state index contributed by atoms with van der Waals surface area (Å²) in [5, 5.41) is 11.8. The number of nitrogens with two attached hydrogens (primary N) is 1. The first-order valence-corrected chi connectivity index (χ1v) is 8.66. The number of likely N-dealkylation sites (N-methyl/N-ethyl adjacent to an activating group) is 1. The van der Waals surface area contributed by atoms with Crippen molar-refractivity contribution in [2.75, 3.05) is 54.8 Å². The number of aliphatic hydroxyl groups is 1. The Bertz CT molecular complexity index is 1040. The number of epoxide rings is 1. The molecule has 1 saturated heterocycles. The van der Waals surface area contributed by atoms with E-state index in [0.29, 0.717) is 11.5 Å². The molecule has 2 atom stereocenters. The van der Waals surface area contributed by atoms with E-state index in [1.165, 1.54) is 19.2 Å². The van der Waals surface area contributed by atoms with Crippen molar-refractivity contribution in [3.05, 3.63) is 59.7 Å². The van der Waals surface area contributed by atoms with Gasteiger partial charge in [-0.05, 0) is 49.3 Å². The molecule has 2 aromatic rings. The Morgan fingerprint density at radius 1 is 1.19 bits per heavy atom. The van der Waals surface area contributed by atoms with Crippen molar-refractivity contribution in [3.63, 3.8) is 0 Å². The second-order valence-electron chi connectivity index (χ2n) is 5.53. The predicted molar refractivity (Wildman–Crippen MR) is 123 cm³/mol. The van der Waals surface area contributed by atoms with Gasteiger partial charge in [-0.25, -0.2) is 0 Å². The number of nitrogens with one attached hydrogen (secondary N) is 1. The Morgan fingerprint density at radius 2 is 1.77 bits per heavy atom. The molecule has 31 heavy (non-hydrogen) atoms. The molecule has 4 N–H and O–H groups in total. The van der Waals surface area contributed by atoms with Crippen LogP contribution in [-0.4, -0.2) is 59.9 Å². The predicted octanol–water partition coefficient (Wildman–Crippen LogP) is 2.66. The molecule has 8 nitrogen and oxygen atoms in total. The molecule has 0 saturated carbocycles. The third kappa shape index (κ3) is 11.9. The number of rotatable bonds is 10. The topological polar surface area (TPSA) is 108 Å². The molecule has 1 heterocycles. The monoisotopic (exact) mass is 468 g/mol. The number of methoxy groups -OCH3 is 2. The van der Waals surface area contributed by atoms with Gasteiger partial charge in [-0.3, -0.25) is 0 Å². The zero-order valence-corrected chi connectivity index (χ0v) is 18.0. The molecule has 0 aromatic heterocycles. The quantitative estimate of drug-likeness (QED) is 0.361. The fraction of sp³-hybridized carbons (Fsp3) is 0.455. The van der Waals surface area contributed by atoms with Crippen LogP contribution in [0.5, 0.6) is 11.5 Å². The molecule has 0 bridgehead atoms. The minimum absolute atomic E-state index is 0. The lowest BCUT2D eigenvalue weighted by Gasteiger charge is -2.12. The number of hydrogen-bond acceptors (Lipinski definition) is 8. The van der Waals surface area contributed by atoms with E-state index in [1.54, 1.807) is 42.8 Å². The second-order valence-corrected chi connectivity index (χ2v) is 5.53. The van der Waals surface area contributed by atoms with Crippen molar-refractivity contribution in [1.82, 2.24) is 5.32 Å². The second kappa shape index (κ2) is 17.7. The third-order valence-corrected chi connectivity index (χ3v) is 3.47. The molecular formula is C22H35ClN2O6. The number of halogens is 1. The summed E-state index contributed by atoms with van der Waals surface area (Å²) in [4.78, 5) is 0. The molecule has 176 valence electrons. The Balaban J connectivity index is 0.000000672. The van der Waals surface area contributed by atoms with Gasteiger partial charge in [-0.1, -0.05) is 24.3 Å². The maximum Gasteiger partial charge on any atom is 0.188 e. The highest BCUT2D eigenvalue weighted by Gasteiger charge is 2.24. The van der Waals surface area contributed by atoms with Gasteiger partial charge in [0.05, 0.1) is 15.4 Å². The summed E-state index contributed by atoms with van der Waals surface area (Å²) in [6.07, 6.45) is -2.13. The Hall–Kier alpha value is -1.91. The van der Waals surface area contributed by atoms with Crippen LogP contribution in [0, 0.1) is 0 Å². The van der Waals surface area contributed by atoms with E-state index < -0.39 is 39.2 Å². The highest BCUT2D eigenvalue weighted by atomic mass is 35.5. The lowest BCUT2D eigenvalue weighted by Crippen LogP contribution is -2.16. The largest absolute Gasteiger partial charge is 0.468 e. The molecule has 0 aliphatic carbocycles. The van der Waals surface area contributed by atoms with Gasteiger partial charge in [0.1, 0.15) is 17.6 Å². The van der Waals surface area contributed by atoms with Crippen molar-refractivity contribution in [2.24, 2.45) is 5.73 Å². The smallest absolute Gasteiger partial charge is 0.188 e. The van der Waals surface area contributed by atoms with Gasteiger partial charge in [0.25, 0.3) is 0 Å². The molecule has 2 unspecified atom stereocenters.